The number of rotatable bonds is 3. The number of nitrogens with zero attached hydrogens (tertiary/aromatic N) is 4. The molecule has 3 rings (SSSR count). The molecule has 1 saturated carbocycles. The highest BCUT2D eigenvalue weighted by Gasteiger charge is 2.55. The summed E-state index contributed by atoms with van der Waals surface area (Å²) in [6.07, 6.45) is 3.52. The van der Waals surface area contributed by atoms with E-state index in [2.05, 4.69) is 22.0 Å². The number of aromatic nitrogens is 3. The molecule has 2 aliphatic rings. The molecule has 1 saturated heterocycles. The Morgan fingerprint density at radius 1 is 1.21 bits per heavy atom. The second kappa shape index (κ2) is 3.05. The molecule has 0 aromatic carbocycles. The summed E-state index contributed by atoms with van der Waals surface area (Å²) in [5.41, 5.74) is 0. The van der Waals surface area contributed by atoms with E-state index >= 15 is 0 Å². The van der Waals surface area contributed by atoms with Crippen molar-refractivity contribution in [3.63, 3.8) is 0 Å². The van der Waals surface area contributed by atoms with Crippen LogP contribution in [0.5, 0.6) is 0 Å². The van der Waals surface area contributed by atoms with Gasteiger partial charge in [0.2, 0.25) is 0 Å². The van der Waals surface area contributed by atoms with Crippen LogP contribution in [0.15, 0.2) is 12.4 Å². The van der Waals surface area contributed by atoms with Crippen LogP contribution in [0, 0.1) is 17.8 Å². The number of hydrogen-bond acceptors (Lipinski definition) is 3. The summed E-state index contributed by atoms with van der Waals surface area (Å²) < 4.78 is 0. The Morgan fingerprint density at radius 2 is 1.86 bits per heavy atom. The lowest BCUT2D eigenvalue weighted by molar-refractivity contribution is 0.285. The first-order chi connectivity index (χ1) is 6.88. The van der Waals surface area contributed by atoms with Crippen molar-refractivity contribution in [3.8, 4) is 0 Å². The zero-order valence-corrected chi connectivity index (χ0v) is 8.50. The van der Waals surface area contributed by atoms with Gasteiger partial charge in [0.15, 0.2) is 0 Å². The molecule has 2 heterocycles. The maximum absolute atomic E-state index is 4.15. The molecule has 0 bridgehead atoms. The van der Waals surface area contributed by atoms with Crippen molar-refractivity contribution in [2.75, 3.05) is 19.6 Å². The van der Waals surface area contributed by atoms with Crippen molar-refractivity contribution in [3.05, 3.63) is 12.4 Å². The van der Waals surface area contributed by atoms with Gasteiger partial charge in [0.05, 0.1) is 18.9 Å². The van der Waals surface area contributed by atoms with E-state index in [-0.39, 0.29) is 0 Å². The third-order valence-corrected chi connectivity index (χ3v) is 3.73. The van der Waals surface area contributed by atoms with Crippen LogP contribution in [0.2, 0.25) is 0 Å². The second-order valence-electron chi connectivity index (χ2n) is 4.43. The van der Waals surface area contributed by atoms with Crippen LogP contribution >= 0.6 is 0 Å². The second-order valence-corrected chi connectivity index (χ2v) is 4.43. The molecule has 14 heavy (non-hydrogen) atoms. The normalized spacial score (nSPS) is 35.9. The summed E-state index contributed by atoms with van der Waals surface area (Å²) in [4.78, 5) is 4.38. The van der Waals surface area contributed by atoms with Gasteiger partial charge in [-0.3, -0.25) is 0 Å². The summed E-state index contributed by atoms with van der Waals surface area (Å²) in [6, 6.07) is 0. The van der Waals surface area contributed by atoms with Crippen molar-refractivity contribution in [1.82, 2.24) is 19.9 Å². The Balaban J connectivity index is 1.56. The van der Waals surface area contributed by atoms with Gasteiger partial charge in [0.25, 0.3) is 0 Å². The number of piperidine rings is 1. The minimum atomic E-state index is 0.852. The largest absolute Gasteiger partial charge is 0.303 e. The van der Waals surface area contributed by atoms with E-state index in [0.29, 0.717) is 0 Å². The van der Waals surface area contributed by atoms with Crippen molar-refractivity contribution in [2.24, 2.45) is 17.8 Å². The fourth-order valence-corrected chi connectivity index (χ4v) is 2.79. The minimum Gasteiger partial charge on any atom is -0.303 e. The van der Waals surface area contributed by atoms with Crippen LogP contribution in [0.4, 0.5) is 0 Å². The average Bonchev–Trinajstić information content (AvgIpc) is 2.67. The van der Waals surface area contributed by atoms with Crippen LogP contribution in [0.3, 0.4) is 0 Å². The number of hydrogen-bond donors (Lipinski definition) is 0. The maximum atomic E-state index is 4.15. The lowest BCUT2D eigenvalue weighted by Crippen LogP contribution is -2.25. The van der Waals surface area contributed by atoms with Crippen molar-refractivity contribution in [1.29, 1.82) is 0 Å². The standard InChI is InChI=1S/C10H16N4/c1-2-13-5-8-9(6-13)10(8)7-14-11-3-4-12-14/h3-4,8-10H,2,5-7H2,1H3/t8-,9+,10-. The Morgan fingerprint density at radius 3 is 2.43 bits per heavy atom. The van der Waals surface area contributed by atoms with Crippen LogP contribution in [0.25, 0.3) is 0 Å². The van der Waals surface area contributed by atoms with Crippen molar-refractivity contribution >= 4 is 0 Å². The van der Waals surface area contributed by atoms with Crippen LogP contribution in [-0.4, -0.2) is 39.5 Å². The van der Waals surface area contributed by atoms with Crippen LogP contribution in [0.1, 0.15) is 6.92 Å². The van der Waals surface area contributed by atoms with Gasteiger partial charge in [-0.1, -0.05) is 6.92 Å². The average molecular weight is 192 g/mol. The first kappa shape index (κ1) is 8.41. The van der Waals surface area contributed by atoms with Gasteiger partial charge >= 0.3 is 0 Å². The Labute approximate surface area is 83.9 Å². The quantitative estimate of drug-likeness (QED) is 0.698. The van der Waals surface area contributed by atoms with E-state index < -0.39 is 0 Å². The summed E-state index contributed by atoms with van der Waals surface area (Å²) in [5, 5.41) is 8.31. The zero-order chi connectivity index (χ0) is 9.54. The van der Waals surface area contributed by atoms with Gasteiger partial charge in [-0.2, -0.15) is 15.0 Å². The van der Waals surface area contributed by atoms with Gasteiger partial charge in [-0.25, -0.2) is 0 Å². The summed E-state index contributed by atoms with van der Waals surface area (Å²) in [5.74, 6) is 2.71. The number of fused-ring (bicyclic) bond motifs is 1. The Hall–Kier alpha value is -0.900. The molecule has 1 aliphatic carbocycles. The van der Waals surface area contributed by atoms with E-state index in [1.807, 2.05) is 4.80 Å². The van der Waals surface area contributed by atoms with E-state index in [0.717, 1.165) is 24.3 Å². The predicted molar refractivity (Wildman–Crippen MR) is 52.6 cm³/mol. The van der Waals surface area contributed by atoms with E-state index in [4.69, 9.17) is 0 Å². The molecule has 0 N–H and O–H groups in total. The topological polar surface area (TPSA) is 34.0 Å². The molecule has 0 amide bonds. The zero-order valence-electron chi connectivity index (χ0n) is 8.50. The van der Waals surface area contributed by atoms with E-state index in [9.17, 15) is 0 Å². The molecule has 0 radical (unpaired) electrons. The molecular weight excluding hydrogens is 176 g/mol. The molecule has 1 aromatic heterocycles. The fraction of sp³-hybridized carbons (Fsp3) is 0.800. The molecule has 1 aromatic rings. The molecule has 0 spiro atoms. The summed E-state index contributed by atoms with van der Waals surface area (Å²) in [6.45, 7) is 7.08. The molecule has 0 unspecified atom stereocenters. The first-order valence-corrected chi connectivity index (χ1v) is 5.45. The monoisotopic (exact) mass is 192 g/mol. The smallest absolute Gasteiger partial charge is 0.0693 e. The summed E-state index contributed by atoms with van der Waals surface area (Å²) >= 11 is 0. The molecule has 2 fully saturated rings. The molecule has 3 atom stereocenters. The third kappa shape index (κ3) is 1.25. The molecule has 1 aliphatic heterocycles. The van der Waals surface area contributed by atoms with Crippen molar-refractivity contribution < 1.29 is 0 Å². The highest BCUT2D eigenvalue weighted by Crippen LogP contribution is 2.52. The van der Waals surface area contributed by atoms with Gasteiger partial charge in [-0.05, 0) is 24.3 Å². The minimum absolute atomic E-state index is 0.852. The lowest BCUT2D eigenvalue weighted by atomic mass is 10.2. The molecule has 4 heteroatoms. The predicted octanol–water partition coefficient (Wildman–Crippen LogP) is 0.476. The van der Waals surface area contributed by atoms with Crippen molar-refractivity contribution in [2.45, 2.75) is 13.5 Å². The van der Waals surface area contributed by atoms with Crippen LogP contribution in [-0.2, 0) is 6.54 Å². The highest BCUT2D eigenvalue weighted by molar-refractivity contribution is 5.04. The Bertz CT molecular complexity index is 296. The van der Waals surface area contributed by atoms with Gasteiger partial charge in [-0.15, -0.1) is 0 Å². The van der Waals surface area contributed by atoms with E-state index in [1.54, 1.807) is 12.4 Å². The number of likely N-dealkylation sites (tertiary alicyclic amines) is 1. The first-order valence-electron chi connectivity index (χ1n) is 5.45. The third-order valence-electron chi connectivity index (χ3n) is 3.73. The lowest BCUT2D eigenvalue weighted by Gasteiger charge is -2.16. The molecular formula is C10H16N4. The van der Waals surface area contributed by atoms with Gasteiger partial charge in [0.1, 0.15) is 0 Å². The molecule has 4 nitrogen and oxygen atoms in total. The molecule has 76 valence electrons. The summed E-state index contributed by atoms with van der Waals surface area (Å²) in [7, 11) is 0. The van der Waals surface area contributed by atoms with Crippen LogP contribution < -0.4 is 0 Å². The Kier molecular flexibility index (Phi) is 1.83. The van der Waals surface area contributed by atoms with Gasteiger partial charge in [0, 0.05) is 13.1 Å². The van der Waals surface area contributed by atoms with E-state index in [1.165, 1.54) is 19.6 Å². The maximum Gasteiger partial charge on any atom is 0.0693 e. The van der Waals surface area contributed by atoms with Gasteiger partial charge < -0.3 is 4.90 Å². The SMILES string of the molecule is CCN1C[C@@H]2[C@H](C1)[C@@H]2Cn1nccn1. The highest BCUT2D eigenvalue weighted by atomic mass is 15.5. The fourth-order valence-electron chi connectivity index (χ4n) is 2.79.